The molecule has 0 bridgehead atoms. The number of benzene rings is 1. The van der Waals surface area contributed by atoms with Crippen molar-refractivity contribution in [1.29, 1.82) is 0 Å². The van der Waals surface area contributed by atoms with Crippen LogP contribution in [0.3, 0.4) is 0 Å². The SMILES string of the molecule is CO/C=C(\C(=O)OC)N1C=CC=NC1Oc1cc(Cl)cc(Cl)c1. The lowest BCUT2D eigenvalue weighted by Gasteiger charge is -2.29. The van der Waals surface area contributed by atoms with Crippen LogP contribution in [-0.4, -0.2) is 37.7 Å². The molecular weight excluding hydrogens is 343 g/mol. The molecule has 0 saturated heterocycles. The van der Waals surface area contributed by atoms with E-state index in [1.807, 2.05) is 0 Å². The summed E-state index contributed by atoms with van der Waals surface area (Å²) in [5.74, 6) is -0.182. The molecule has 0 saturated carbocycles. The Morgan fingerprint density at radius 3 is 2.57 bits per heavy atom. The van der Waals surface area contributed by atoms with E-state index in [0.717, 1.165) is 0 Å². The van der Waals surface area contributed by atoms with Gasteiger partial charge in [0.15, 0.2) is 5.70 Å². The standard InChI is InChI=1S/C15H14Cl2N2O4/c1-21-9-13(14(20)22-2)19-5-3-4-18-15(19)23-12-7-10(16)6-11(17)8-12/h3-9,15H,1-2H3/b13-9+. The highest BCUT2D eigenvalue weighted by Crippen LogP contribution is 2.27. The van der Waals surface area contributed by atoms with Crippen molar-refractivity contribution in [2.45, 2.75) is 6.35 Å². The Hall–Kier alpha value is -2.18. The van der Waals surface area contributed by atoms with Gasteiger partial charge in [0, 0.05) is 22.5 Å². The maximum atomic E-state index is 11.9. The van der Waals surface area contributed by atoms with Crippen LogP contribution < -0.4 is 4.74 Å². The lowest BCUT2D eigenvalue weighted by molar-refractivity contribution is -0.138. The number of methoxy groups -OCH3 is 2. The monoisotopic (exact) mass is 356 g/mol. The molecule has 23 heavy (non-hydrogen) atoms. The molecule has 6 nitrogen and oxygen atoms in total. The minimum absolute atomic E-state index is 0.126. The first-order valence-corrected chi connectivity index (χ1v) is 7.23. The van der Waals surface area contributed by atoms with Crippen molar-refractivity contribution in [3.63, 3.8) is 0 Å². The van der Waals surface area contributed by atoms with Crippen molar-refractivity contribution in [2.24, 2.45) is 4.99 Å². The van der Waals surface area contributed by atoms with Gasteiger partial charge in [-0.15, -0.1) is 0 Å². The molecular formula is C15H14Cl2N2O4. The third-order valence-electron chi connectivity index (χ3n) is 2.76. The summed E-state index contributed by atoms with van der Waals surface area (Å²) in [5.41, 5.74) is 0.126. The molecule has 2 rings (SSSR count). The topological polar surface area (TPSA) is 60.4 Å². The van der Waals surface area contributed by atoms with Gasteiger partial charge in [-0.3, -0.25) is 4.90 Å². The second-order valence-corrected chi connectivity index (χ2v) is 5.20. The first-order valence-electron chi connectivity index (χ1n) is 6.47. The molecule has 122 valence electrons. The lowest BCUT2D eigenvalue weighted by atomic mass is 10.3. The predicted octanol–water partition coefficient (Wildman–Crippen LogP) is 3.22. The number of aliphatic imine (C=N–C) groups is 1. The number of halogens is 2. The Labute approximate surface area is 143 Å². The molecule has 1 atom stereocenters. The highest BCUT2D eigenvalue weighted by atomic mass is 35.5. The molecule has 0 N–H and O–H groups in total. The van der Waals surface area contributed by atoms with Crippen molar-refractivity contribution in [1.82, 2.24) is 4.90 Å². The molecule has 0 aliphatic carbocycles. The molecule has 0 spiro atoms. The van der Waals surface area contributed by atoms with Crippen molar-refractivity contribution in [2.75, 3.05) is 14.2 Å². The van der Waals surface area contributed by atoms with Gasteiger partial charge in [0.1, 0.15) is 12.0 Å². The largest absolute Gasteiger partial charge is 0.502 e. The molecule has 1 aromatic rings. The highest BCUT2D eigenvalue weighted by Gasteiger charge is 2.27. The zero-order chi connectivity index (χ0) is 16.8. The van der Waals surface area contributed by atoms with E-state index in [2.05, 4.69) is 4.99 Å². The average molecular weight is 357 g/mol. The van der Waals surface area contributed by atoms with Gasteiger partial charge in [0.2, 0.25) is 0 Å². The number of carbonyl (C=O) groups excluding carboxylic acids is 1. The van der Waals surface area contributed by atoms with Gasteiger partial charge in [0.05, 0.1) is 14.2 Å². The second kappa shape index (κ2) is 7.89. The summed E-state index contributed by atoms with van der Waals surface area (Å²) >= 11 is 11.9. The fraction of sp³-hybridized carbons (Fsp3) is 0.200. The molecule has 1 unspecified atom stereocenters. The van der Waals surface area contributed by atoms with Gasteiger partial charge < -0.3 is 14.2 Å². The van der Waals surface area contributed by atoms with E-state index in [9.17, 15) is 4.79 Å². The number of carbonyl (C=O) groups is 1. The fourth-order valence-corrected chi connectivity index (χ4v) is 2.34. The van der Waals surface area contributed by atoms with Gasteiger partial charge in [0.25, 0.3) is 6.35 Å². The van der Waals surface area contributed by atoms with Crippen LogP contribution in [0.4, 0.5) is 0 Å². The van der Waals surface area contributed by atoms with E-state index in [1.54, 1.807) is 36.7 Å². The van der Waals surface area contributed by atoms with E-state index < -0.39 is 12.3 Å². The fourth-order valence-electron chi connectivity index (χ4n) is 1.84. The molecule has 8 heteroatoms. The van der Waals surface area contributed by atoms with E-state index in [4.69, 9.17) is 37.4 Å². The summed E-state index contributed by atoms with van der Waals surface area (Å²) in [4.78, 5) is 17.6. The van der Waals surface area contributed by atoms with E-state index in [0.29, 0.717) is 15.8 Å². The molecule has 0 amide bonds. The van der Waals surface area contributed by atoms with Crippen LogP contribution in [-0.2, 0) is 14.3 Å². The zero-order valence-corrected chi connectivity index (χ0v) is 13.9. The lowest BCUT2D eigenvalue weighted by Crippen LogP contribution is -2.38. The summed E-state index contributed by atoms with van der Waals surface area (Å²) < 4.78 is 15.4. The van der Waals surface area contributed by atoms with Gasteiger partial charge in [-0.05, 0) is 24.3 Å². The van der Waals surface area contributed by atoms with Crippen LogP contribution in [0.15, 0.2) is 47.4 Å². The van der Waals surface area contributed by atoms with E-state index >= 15 is 0 Å². The number of allylic oxidation sites excluding steroid dienone is 1. The maximum Gasteiger partial charge on any atom is 0.358 e. The molecule has 1 aliphatic heterocycles. The van der Waals surface area contributed by atoms with Gasteiger partial charge >= 0.3 is 5.97 Å². The first-order chi connectivity index (χ1) is 11.0. The van der Waals surface area contributed by atoms with Crippen molar-refractivity contribution >= 4 is 35.4 Å². The van der Waals surface area contributed by atoms with Crippen LogP contribution in [0.25, 0.3) is 0 Å². The Kier molecular flexibility index (Phi) is 5.90. The predicted molar refractivity (Wildman–Crippen MR) is 87.5 cm³/mol. The number of ether oxygens (including phenoxy) is 3. The zero-order valence-electron chi connectivity index (χ0n) is 12.4. The van der Waals surface area contributed by atoms with E-state index in [-0.39, 0.29) is 5.70 Å². The summed E-state index contributed by atoms with van der Waals surface area (Å²) in [5, 5.41) is 0.852. The summed E-state index contributed by atoms with van der Waals surface area (Å²) in [6, 6.07) is 4.77. The Bertz CT molecular complexity index is 653. The molecule has 0 aromatic heterocycles. The molecule has 1 heterocycles. The third-order valence-corrected chi connectivity index (χ3v) is 3.20. The van der Waals surface area contributed by atoms with Gasteiger partial charge in [-0.2, -0.15) is 0 Å². The van der Waals surface area contributed by atoms with Crippen LogP contribution in [0.5, 0.6) is 5.75 Å². The number of rotatable bonds is 5. The number of hydrogen-bond acceptors (Lipinski definition) is 6. The minimum Gasteiger partial charge on any atom is -0.502 e. The molecule has 1 aliphatic rings. The molecule has 0 radical (unpaired) electrons. The quantitative estimate of drug-likeness (QED) is 0.460. The van der Waals surface area contributed by atoms with Crippen LogP contribution in [0.2, 0.25) is 10.0 Å². The van der Waals surface area contributed by atoms with Gasteiger partial charge in [-0.25, -0.2) is 9.79 Å². The van der Waals surface area contributed by atoms with E-state index in [1.165, 1.54) is 25.4 Å². The second-order valence-electron chi connectivity index (χ2n) is 4.33. The van der Waals surface area contributed by atoms with Crippen molar-refractivity contribution in [3.8, 4) is 5.75 Å². The highest BCUT2D eigenvalue weighted by molar-refractivity contribution is 6.34. The normalized spacial score (nSPS) is 17.1. The summed E-state index contributed by atoms with van der Waals surface area (Å²) in [6.07, 6.45) is 5.23. The van der Waals surface area contributed by atoms with Crippen molar-refractivity contribution < 1.29 is 19.0 Å². The van der Waals surface area contributed by atoms with Crippen LogP contribution in [0.1, 0.15) is 0 Å². The molecule has 0 fully saturated rings. The Balaban J connectivity index is 2.28. The average Bonchev–Trinajstić information content (AvgIpc) is 2.52. The summed E-state index contributed by atoms with van der Waals surface area (Å²) in [6.45, 7) is 0. The smallest absolute Gasteiger partial charge is 0.358 e. The first kappa shape index (κ1) is 17.2. The molecule has 1 aromatic carbocycles. The van der Waals surface area contributed by atoms with Crippen LogP contribution in [0, 0.1) is 0 Å². The van der Waals surface area contributed by atoms with Crippen molar-refractivity contribution in [3.05, 3.63) is 52.5 Å². The Morgan fingerprint density at radius 1 is 1.26 bits per heavy atom. The van der Waals surface area contributed by atoms with Gasteiger partial charge in [-0.1, -0.05) is 23.2 Å². The number of nitrogens with zero attached hydrogens (tertiary/aromatic N) is 2. The number of esters is 1. The third kappa shape index (κ3) is 4.40. The number of hydrogen-bond donors (Lipinski definition) is 0. The minimum atomic E-state index is -0.838. The Morgan fingerprint density at radius 2 is 1.96 bits per heavy atom. The summed E-state index contributed by atoms with van der Waals surface area (Å²) in [7, 11) is 2.70. The van der Waals surface area contributed by atoms with Crippen LogP contribution >= 0.6 is 23.2 Å². The maximum absolute atomic E-state index is 11.9.